The summed E-state index contributed by atoms with van der Waals surface area (Å²) >= 11 is 0. The first-order chi connectivity index (χ1) is 12.0. The van der Waals surface area contributed by atoms with Crippen molar-refractivity contribution >= 4 is 17.8 Å². The maximum absolute atomic E-state index is 12.1. The molecule has 1 atom stereocenters. The molecule has 2 rings (SSSR count). The van der Waals surface area contributed by atoms with Gasteiger partial charge >= 0.3 is 0 Å². The molecule has 0 bridgehead atoms. The minimum absolute atomic E-state index is 0.0401. The lowest BCUT2D eigenvalue weighted by Crippen LogP contribution is -2.35. The van der Waals surface area contributed by atoms with E-state index < -0.39 is 6.04 Å². The number of methoxy groups -OCH3 is 2. The van der Waals surface area contributed by atoms with Gasteiger partial charge in [-0.15, -0.1) is 0 Å². The van der Waals surface area contributed by atoms with Gasteiger partial charge in [-0.25, -0.2) is 5.43 Å². The van der Waals surface area contributed by atoms with Crippen LogP contribution in [0, 0.1) is 0 Å². The average Bonchev–Trinajstić information content (AvgIpc) is 2.63. The van der Waals surface area contributed by atoms with Gasteiger partial charge in [0.05, 0.1) is 26.1 Å². The summed E-state index contributed by atoms with van der Waals surface area (Å²) in [5.74, 6) is 0.731. The number of hydrogen-bond acceptors (Lipinski definition) is 6. The van der Waals surface area contributed by atoms with Crippen LogP contribution >= 0.6 is 0 Å². The van der Waals surface area contributed by atoms with E-state index in [-0.39, 0.29) is 11.7 Å². The highest BCUT2D eigenvalue weighted by Crippen LogP contribution is 2.25. The second-order valence-electron chi connectivity index (χ2n) is 5.23. The molecule has 3 N–H and O–H groups in total. The van der Waals surface area contributed by atoms with Crippen molar-refractivity contribution in [1.82, 2.24) is 5.43 Å². The molecule has 0 unspecified atom stereocenters. The number of phenols is 1. The standard InChI is InChI=1S/C18H21N3O4/c1-12(20-14-6-4-5-7-16(14)24-2)18(23)21-19-11-13-8-9-15(22)17(10-13)25-3/h4-12,20,22H,1-3H3,(H,21,23)/b19-11-/t12-/m1/s1. The maximum atomic E-state index is 12.1. The van der Waals surface area contributed by atoms with E-state index in [2.05, 4.69) is 15.8 Å². The summed E-state index contributed by atoms with van der Waals surface area (Å²) in [6.07, 6.45) is 1.47. The zero-order valence-electron chi connectivity index (χ0n) is 14.3. The number of ether oxygens (including phenoxy) is 2. The Morgan fingerprint density at radius 3 is 2.60 bits per heavy atom. The Labute approximate surface area is 146 Å². The van der Waals surface area contributed by atoms with Crippen molar-refractivity contribution in [3.63, 3.8) is 0 Å². The normalized spacial score (nSPS) is 11.8. The average molecular weight is 343 g/mol. The fourth-order valence-electron chi connectivity index (χ4n) is 2.10. The van der Waals surface area contributed by atoms with Gasteiger partial charge in [0.1, 0.15) is 11.8 Å². The number of nitrogens with one attached hydrogen (secondary N) is 2. The van der Waals surface area contributed by atoms with Gasteiger partial charge in [-0.1, -0.05) is 12.1 Å². The van der Waals surface area contributed by atoms with Crippen LogP contribution in [0.3, 0.4) is 0 Å². The zero-order valence-corrected chi connectivity index (χ0v) is 14.3. The Morgan fingerprint density at radius 2 is 1.88 bits per heavy atom. The van der Waals surface area contributed by atoms with Crippen LogP contribution in [-0.4, -0.2) is 37.5 Å². The number of carbonyl (C=O) groups is 1. The summed E-state index contributed by atoms with van der Waals surface area (Å²) in [6.45, 7) is 1.72. The number of rotatable bonds is 7. The molecule has 0 spiro atoms. The number of nitrogens with zero attached hydrogens (tertiary/aromatic N) is 1. The van der Waals surface area contributed by atoms with Gasteiger partial charge in [-0.3, -0.25) is 4.79 Å². The minimum atomic E-state index is -0.511. The molecule has 1 amide bonds. The second-order valence-corrected chi connectivity index (χ2v) is 5.23. The highest BCUT2D eigenvalue weighted by Gasteiger charge is 2.13. The van der Waals surface area contributed by atoms with Crippen LogP contribution in [0.4, 0.5) is 5.69 Å². The Morgan fingerprint density at radius 1 is 1.16 bits per heavy atom. The molecule has 0 aliphatic rings. The Hall–Kier alpha value is -3.22. The van der Waals surface area contributed by atoms with Crippen molar-refractivity contribution in [1.29, 1.82) is 0 Å². The van der Waals surface area contributed by atoms with Crippen molar-refractivity contribution in [3.05, 3.63) is 48.0 Å². The van der Waals surface area contributed by atoms with Crippen LogP contribution in [0.15, 0.2) is 47.6 Å². The second kappa shape index (κ2) is 8.58. The van der Waals surface area contributed by atoms with Crippen molar-refractivity contribution in [3.8, 4) is 17.2 Å². The first kappa shape index (κ1) is 18.1. The number of para-hydroxylation sites is 2. The van der Waals surface area contributed by atoms with Gasteiger partial charge in [-0.05, 0) is 42.8 Å². The lowest BCUT2D eigenvalue weighted by Gasteiger charge is -2.15. The number of hydrazone groups is 1. The molecule has 0 saturated carbocycles. The largest absolute Gasteiger partial charge is 0.504 e. The van der Waals surface area contributed by atoms with Crippen molar-refractivity contribution in [2.24, 2.45) is 5.10 Å². The lowest BCUT2D eigenvalue weighted by atomic mass is 10.2. The fourth-order valence-corrected chi connectivity index (χ4v) is 2.10. The Kier molecular flexibility index (Phi) is 6.22. The third kappa shape index (κ3) is 4.87. The number of anilines is 1. The van der Waals surface area contributed by atoms with Gasteiger partial charge < -0.3 is 19.9 Å². The first-order valence-corrected chi connectivity index (χ1v) is 7.64. The highest BCUT2D eigenvalue weighted by molar-refractivity contribution is 5.87. The molecule has 0 aliphatic carbocycles. The van der Waals surface area contributed by atoms with Gasteiger partial charge in [-0.2, -0.15) is 5.10 Å². The van der Waals surface area contributed by atoms with E-state index in [0.29, 0.717) is 17.1 Å². The molecule has 0 radical (unpaired) electrons. The molecular weight excluding hydrogens is 322 g/mol. The van der Waals surface area contributed by atoms with Gasteiger partial charge in [0, 0.05) is 0 Å². The van der Waals surface area contributed by atoms with Crippen LogP contribution in [-0.2, 0) is 4.79 Å². The Balaban J connectivity index is 1.95. The SMILES string of the molecule is COc1cc(/C=N\NC(=O)[C@@H](C)Nc2ccccc2OC)ccc1O. The van der Waals surface area contributed by atoms with Gasteiger partial charge in [0.15, 0.2) is 11.5 Å². The molecule has 0 aliphatic heterocycles. The summed E-state index contributed by atoms with van der Waals surface area (Å²) in [5, 5.41) is 16.5. The molecule has 25 heavy (non-hydrogen) atoms. The number of hydrogen-bond donors (Lipinski definition) is 3. The molecule has 2 aromatic rings. The number of aromatic hydroxyl groups is 1. The topological polar surface area (TPSA) is 92.2 Å². The van der Waals surface area contributed by atoms with Gasteiger partial charge in [0.25, 0.3) is 5.91 Å². The zero-order chi connectivity index (χ0) is 18.2. The molecular formula is C18H21N3O4. The van der Waals surface area contributed by atoms with Crippen LogP contribution in [0.5, 0.6) is 17.2 Å². The minimum Gasteiger partial charge on any atom is -0.504 e. The molecule has 7 nitrogen and oxygen atoms in total. The predicted molar refractivity (Wildman–Crippen MR) is 96.5 cm³/mol. The van der Waals surface area contributed by atoms with Crippen molar-refractivity contribution < 1.29 is 19.4 Å². The molecule has 0 aromatic heterocycles. The first-order valence-electron chi connectivity index (χ1n) is 7.64. The molecule has 132 valence electrons. The van der Waals surface area contributed by atoms with Crippen molar-refractivity contribution in [2.75, 3.05) is 19.5 Å². The van der Waals surface area contributed by atoms with E-state index in [0.717, 1.165) is 5.69 Å². The van der Waals surface area contributed by atoms with Crippen LogP contribution < -0.4 is 20.2 Å². The third-order valence-electron chi connectivity index (χ3n) is 3.46. The summed E-state index contributed by atoms with van der Waals surface area (Å²) in [5.41, 5.74) is 3.87. The predicted octanol–water partition coefficient (Wildman–Crippen LogP) is 2.36. The van der Waals surface area contributed by atoms with E-state index in [1.54, 1.807) is 26.2 Å². The van der Waals surface area contributed by atoms with E-state index in [1.807, 2.05) is 24.3 Å². The number of benzene rings is 2. The Bertz CT molecular complexity index is 762. The molecule has 0 heterocycles. The van der Waals surface area contributed by atoms with E-state index in [1.165, 1.54) is 19.4 Å². The summed E-state index contributed by atoms with van der Waals surface area (Å²) in [7, 11) is 3.03. The fraction of sp³-hybridized carbons (Fsp3) is 0.222. The van der Waals surface area contributed by atoms with Crippen LogP contribution in [0.25, 0.3) is 0 Å². The lowest BCUT2D eigenvalue weighted by molar-refractivity contribution is -0.121. The van der Waals surface area contributed by atoms with E-state index in [9.17, 15) is 9.90 Å². The van der Waals surface area contributed by atoms with E-state index in [4.69, 9.17) is 9.47 Å². The molecule has 2 aromatic carbocycles. The highest BCUT2D eigenvalue weighted by atomic mass is 16.5. The summed E-state index contributed by atoms with van der Waals surface area (Å²) in [6, 6.07) is 11.6. The van der Waals surface area contributed by atoms with Gasteiger partial charge in [0.2, 0.25) is 0 Å². The van der Waals surface area contributed by atoms with Crippen molar-refractivity contribution in [2.45, 2.75) is 13.0 Å². The number of carbonyl (C=O) groups excluding carboxylic acids is 1. The van der Waals surface area contributed by atoms with E-state index >= 15 is 0 Å². The summed E-state index contributed by atoms with van der Waals surface area (Å²) < 4.78 is 10.3. The number of phenolic OH excluding ortho intramolecular Hbond substituents is 1. The molecule has 0 saturated heterocycles. The summed E-state index contributed by atoms with van der Waals surface area (Å²) in [4.78, 5) is 12.1. The quantitative estimate of drug-likeness (QED) is 0.530. The maximum Gasteiger partial charge on any atom is 0.262 e. The third-order valence-corrected chi connectivity index (χ3v) is 3.46. The smallest absolute Gasteiger partial charge is 0.262 e. The van der Waals surface area contributed by atoms with Crippen LogP contribution in [0.1, 0.15) is 12.5 Å². The molecule has 0 fully saturated rings. The number of amides is 1. The van der Waals surface area contributed by atoms with Crippen LogP contribution in [0.2, 0.25) is 0 Å². The molecule has 7 heteroatoms. The monoisotopic (exact) mass is 343 g/mol.